The van der Waals surface area contributed by atoms with Crippen molar-refractivity contribution in [2.45, 2.75) is 26.7 Å². The van der Waals surface area contributed by atoms with Crippen molar-refractivity contribution in [1.82, 2.24) is 0 Å². The molecule has 0 atom stereocenters. The average Bonchev–Trinajstić information content (AvgIpc) is 2.09. The molecular formula is C11H18O2. The second-order valence-electron chi connectivity index (χ2n) is 3.66. The van der Waals surface area contributed by atoms with Gasteiger partial charge in [-0.3, -0.25) is 0 Å². The van der Waals surface area contributed by atoms with Crippen LogP contribution in [0.4, 0.5) is 0 Å². The second-order valence-corrected chi connectivity index (χ2v) is 3.66. The van der Waals surface area contributed by atoms with Crippen LogP contribution in [-0.2, 0) is 4.79 Å². The van der Waals surface area contributed by atoms with Gasteiger partial charge in [-0.25, -0.2) is 0 Å². The fourth-order valence-electron chi connectivity index (χ4n) is 0.970. The molecule has 0 heterocycles. The molecule has 74 valence electrons. The van der Waals surface area contributed by atoms with E-state index in [2.05, 4.69) is 13.8 Å². The van der Waals surface area contributed by atoms with Gasteiger partial charge < -0.3 is 9.90 Å². The molecule has 0 aromatic heterocycles. The molecule has 0 aliphatic rings. The molecule has 0 fully saturated rings. The van der Waals surface area contributed by atoms with Gasteiger partial charge in [-0.1, -0.05) is 38.2 Å². The van der Waals surface area contributed by atoms with Crippen molar-refractivity contribution in [3.8, 4) is 0 Å². The van der Waals surface area contributed by atoms with Gasteiger partial charge >= 0.3 is 0 Å². The first kappa shape index (κ1) is 12.1. The van der Waals surface area contributed by atoms with E-state index in [1.807, 2.05) is 18.2 Å². The number of hydrogen-bond donors (Lipinski definition) is 1. The minimum Gasteiger partial charge on any atom is -0.392 e. The number of carbonyl (C=O) groups excluding carboxylic acids is 1. The SMILES string of the molecule is CC(C)(/C=C/C=C/CO)CCC=O. The van der Waals surface area contributed by atoms with Crippen LogP contribution in [-0.4, -0.2) is 18.0 Å². The first-order chi connectivity index (χ1) is 6.12. The quantitative estimate of drug-likeness (QED) is 0.504. The Bertz CT molecular complexity index is 190. The smallest absolute Gasteiger partial charge is 0.120 e. The van der Waals surface area contributed by atoms with Crippen molar-refractivity contribution in [3.05, 3.63) is 24.3 Å². The van der Waals surface area contributed by atoms with Gasteiger partial charge in [0.1, 0.15) is 6.29 Å². The number of carbonyl (C=O) groups is 1. The van der Waals surface area contributed by atoms with Gasteiger partial charge in [-0.05, 0) is 11.8 Å². The van der Waals surface area contributed by atoms with Crippen LogP contribution in [0.3, 0.4) is 0 Å². The number of aliphatic hydroxyl groups is 1. The summed E-state index contributed by atoms with van der Waals surface area (Å²) in [6.07, 6.45) is 9.83. The third kappa shape index (κ3) is 7.47. The maximum Gasteiger partial charge on any atom is 0.120 e. The molecule has 0 aliphatic heterocycles. The summed E-state index contributed by atoms with van der Waals surface area (Å²) in [5.74, 6) is 0. The standard InChI is InChI=1S/C11H18O2/c1-11(2,8-6-10-13)7-4-3-5-9-12/h3-5,7,10,12H,6,8-9H2,1-2H3/b5-3+,7-4+. The van der Waals surface area contributed by atoms with Crippen molar-refractivity contribution in [1.29, 1.82) is 0 Å². The third-order valence-corrected chi connectivity index (χ3v) is 1.81. The fraction of sp³-hybridized carbons (Fsp3) is 0.545. The van der Waals surface area contributed by atoms with Crippen molar-refractivity contribution in [2.24, 2.45) is 5.41 Å². The fourth-order valence-corrected chi connectivity index (χ4v) is 0.970. The highest BCUT2D eigenvalue weighted by molar-refractivity contribution is 5.49. The molecule has 0 amide bonds. The first-order valence-electron chi connectivity index (χ1n) is 4.51. The largest absolute Gasteiger partial charge is 0.392 e. The Morgan fingerprint density at radius 3 is 2.54 bits per heavy atom. The molecule has 2 nitrogen and oxygen atoms in total. The number of allylic oxidation sites excluding steroid dienone is 3. The van der Waals surface area contributed by atoms with Crippen molar-refractivity contribution < 1.29 is 9.90 Å². The Labute approximate surface area is 80.0 Å². The van der Waals surface area contributed by atoms with Crippen LogP contribution in [0.25, 0.3) is 0 Å². The van der Waals surface area contributed by atoms with Crippen LogP contribution in [0.15, 0.2) is 24.3 Å². The van der Waals surface area contributed by atoms with Gasteiger partial charge in [-0.2, -0.15) is 0 Å². The topological polar surface area (TPSA) is 37.3 Å². The highest BCUT2D eigenvalue weighted by Crippen LogP contribution is 2.23. The average molecular weight is 182 g/mol. The minimum absolute atomic E-state index is 0.0563. The van der Waals surface area contributed by atoms with Crippen LogP contribution >= 0.6 is 0 Å². The first-order valence-corrected chi connectivity index (χ1v) is 4.51. The van der Waals surface area contributed by atoms with Crippen LogP contribution in [0.1, 0.15) is 26.7 Å². The molecule has 0 aliphatic carbocycles. The van der Waals surface area contributed by atoms with Crippen molar-refractivity contribution in [3.63, 3.8) is 0 Å². The maximum absolute atomic E-state index is 10.2. The molecule has 0 aromatic rings. The zero-order valence-electron chi connectivity index (χ0n) is 8.36. The summed E-state index contributed by atoms with van der Waals surface area (Å²) in [6.45, 7) is 4.23. The number of aliphatic hydroxyl groups excluding tert-OH is 1. The van der Waals surface area contributed by atoms with Gasteiger partial charge in [0, 0.05) is 6.42 Å². The molecule has 0 rings (SSSR count). The van der Waals surface area contributed by atoms with Crippen LogP contribution in [0, 0.1) is 5.41 Å². The normalized spacial score (nSPS) is 12.8. The Morgan fingerprint density at radius 1 is 1.31 bits per heavy atom. The Kier molecular flexibility index (Phi) is 6.15. The summed E-state index contributed by atoms with van der Waals surface area (Å²) in [7, 11) is 0. The molecule has 0 saturated carbocycles. The summed E-state index contributed by atoms with van der Waals surface area (Å²) < 4.78 is 0. The highest BCUT2D eigenvalue weighted by Gasteiger charge is 2.11. The molecule has 0 aromatic carbocycles. The van der Waals surface area contributed by atoms with Crippen LogP contribution < -0.4 is 0 Å². The lowest BCUT2D eigenvalue weighted by Crippen LogP contribution is -2.06. The van der Waals surface area contributed by atoms with Crippen LogP contribution in [0.2, 0.25) is 0 Å². The molecular weight excluding hydrogens is 164 g/mol. The van der Waals surface area contributed by atoms with Crippen LogP contribution in [0.5, 0.6) is 0 Å². The third-order valence-electron chi connectivity index (χ3n) is 1.81. The van der Waals surface area contributed by atoms with E-state index in [4.69, 9.17) is 5.11 Å². The molecule has 1 N–H and O–H groups in total. The van der Waals surface area contributed by atoms with Gasteiger partial charge in [-0.15, -0.1) is 0 Å². The predicted octanol–water partition coefficient (Wildman–Crippen LogP) is 2.10. The summed E-state index contributed by atoms with van der Waals surface area (Å²) in [4.78, 5) is 10.2. The van der Waals surface area contributed by atoms with E-state index in [9.17, 15) is 4.79 Å². The molecule has 0 bridgehead atoms. The van der Waals surface area contributed by atoms with Gasteiger partial charge in [0.2, 0.25) is 0 Å². The zero-order chi connectivity index (χ0) is 10.2. The summed E-state index contributed by atoms with van der Waals surface area (Å²) >= 11 is 0. The van der Waals surface area contributed by atoms with E-state index in [0.717, 1.165) is 12.7 Å². The summed E-state index contributed by atoms with van der Waals surface area (Å²) in [5, 5.41) is 8.47. The Balaban J connectivity index is 3.91. The van der Waals surface area contributed by atoms with E-state index < -0.39 is 0 Å². The Hall–Kier alpha value is -0.890. The number of hydrogen-bond acceptors (Lipinski definition) is 2. The summed E-state index contributed by atoms with van der Waals surface area (Å²) in [6, 6.07) is 0. The lowest BCUT2D eigenvalue weighted by Gasteiger charge is -2.17. The van der Waals surface area contributed by atoms with Gasteiger partial charge in [0.05, 0.1) is 6.61 Å². The molecule has 13 heavy (non-hydrogen) atoms. The molecule has 2 heteroatoms. The van der Waals surface area contributed by atoms with E-state index in [-0.39, 0.29) is 12.0 Å². The molecule has 0 radical (unpaired) electrons. The van der Waals surface area contributed by atoms with E-state index in [1.54, 1.807) is 6.08 Å². The Morgan fingerprint density at radius 2 is 2.00 bits per heavy atom. The van der Waals surface area contributed by atoms with Crippen molar-refractivity contribution >= 4 is 6.29 Å². The molecule has 0 unspecified atom stereocenters. The lowest BCUT2D eigenvalue weighted by molar-refractivity contribution is -0.108. The summed E-state index contributed by atoms with van der Waals surface area (Å²) in [5.41, 5.74) is 0.0563. The van der Waals surface area contributed by atoms with Crippen molar-refractivity contribution in [2.75, 3.05) is 6.61 Å². The van der Waals surface area contributed by atoms with E-state index in [0.29, 0.717) is 6.42 Å². The number of aldehydes is 1. The number of rotatable bonds is 6. The second kappa shape index (κ2) is 6.61. The van der Waals surface area contributed by atoms with Gasteiger partial charge in [0.25, 0.3) is 0 Å². The highest BCUT2D eigenvalue weighted by atomic mass is 16.2. The predicted molar refractivity (Wildman–Crippen MR) is 54.4 cm³/mol. The minimum atomic E-state index is 0.0563. The zero-order valence-corrected chi connectivity index (χ0v) is 8.36. The van der Waals surface area contributed by atoms with Gasteiger partial charge in [0.15, 0.2) is 0 Å². The molecule has 0 saturated heterocycles. The maximum atomic E-state index is 10.2. The van der Waals surface area contributed by atoms with E-state index in [1.165, 1.54) is 0 Å². The monoisotopic (exact) mass is 182 g/mol. The molecule has 0 spiro atoms. The lowest BCUT2D eigenvalue weighted by atomic mass is 9.88. The van der Waals surface area contributed by atoms with E-state index >= 15 is 0 Å².